The maximum Gasteiger partial charge on any atom is 0.238 e. The quantitative estimate of drug-likeness (QED) is 0.823. The van der Waals surface area contributed by atoms with Crippen molar-refractivity contribution in [2.24, 2.45) is 0 Å². The number of amides is 1. The molecule has 0 aliphatic carbocycles. The smallest absolute Gasteiger partial charge is 0.238 e. The Balaban J connectivity index is 1.73. The van der Waals surface area contributed by atoms with Gasteiger partial charge < -0.3 is 5.32 Å². The van der Waals surface area contributed by atoms with Crippen molar-refractivity contribution in [3.05, 3.63) is 71.0 Å². The highest BCUT2D eigenvalue weighted by Crippen LogP contribution is 2.26. The summed E-state index contributed by atoms with van der Waals surface area (Å²) >= 11 is 0. The van der Waals surface area contributed by atoms with E-state index in [9.17, 15) is 17.6 Å². The summed E-state index contributed by atoms with van der Waals surface area (Å²) in [6, 6.07) is 13.2. The van der Waals surface area contributed by atoms with Gasteiger partial charge >= 0.3 is 0 Å². The molecule has 0 spiro atoms. The van der Waals surface area contributed by atoms with Gasteiger partial charge in [0.1, 0.15) is 11.9 Å². The van der Waals surface area contributed by atoms with Crippen molar-refractivity contribution in [3.8, 4) is 0 Å². The van der Waals surface area contributed by atoms with Crippen LogP contribution in [0.15, 0.2) is 48.5 Å². The zero-order chi connectivity index (χ0) is 19.4. The van der Waals surface area contributed by atoms with Gasteiger partial charge in [-0.1, -0.05) is 42.5 Å². The van der Waals surface area contributed by atoms with Gasteiger partial charge in [0.05, 0.1) is 5.75 Å². The number of nitrogens with zero attached hydrogens (tertiary/aromatic N) is 1. The predicted molar refractivity (Wildman–Crippen MR) is 102 cm³/mol. The minimum Gasteiger partial charge on any atom is -0.354 e. The second-order valence-electron chi connectivity index (χ2n) is 6.57. The first-order chi connectivity index (χ1) is 12.9. The molecule has 1 atom stereocenters. The molecule has 1 heterocycles. The van der Waals surface area contributed by atoms with E-state index in [4.69, 9.17) is 0 Å². The Kier molecular flexibility index (Phi) is 5.92. The second-order valence-corrected chi connectivity index (χ2v) is 8.78. The Hall–Kier alpha value is -2.25. The van der Waals surface area contributed by atoms with Crippen LogP contribution >= 0.6 is 0 Å². The molecule has 0 saturated carbocycles. The van der Waals surface area contributed by atoms with Gasteiger partial charge in [-0.2, -0.15) is 4.31 Å². The average molecular weight is 390 g/mol. The lowest BCUT2D eigenvalue weighted by atomic mass is 9.95. The van der Waals surface area contributed by atoms with E-state index in [2.05, 4.69) is 5.32 Å². The third-order valence-corrected chi connectivity index (χ3v) is 6.71. The first-order valence-electron chi connectivity index (χ1n) is 9.00. The zero-order valence-electron chi connectivity index (χ0n) is 15.2. The molecule has 1 aliphatic rings. The number of hydrogen-bond acceptors (Lipinski definition) is 3. The minimum absolute atomic E-state index is 0.0613. The second kappa shape index (κ2) is 8.19. The number of rotatable bonds is 6. The largest absolute Gasteiger partial charge is 0.354 e. The molecule has 1 aliphatic heterocycles. The minimum atomic E-state index is -3.53. The SMILES string of the molecule is CCS(=O)(=O)N1Cc2ccccc2CC1C(=O)NCCc1ccccc1F. The van der Waals surface area contributed by atoms with Crippen LogP contribution in [0.1, 0.15) is 23.6 Å². The number of halogens is 1. The third-order valence-electron chi connectivity index (χ3n) is 4.88. The van der Waals surface area contributed by atoms with Crippen LogP contribution in [0.3, 0.4) is 0 Å². The standard InChI is InChI=1S/C20H23FN2O3S/c1-2-27(25,26)23-14-17-9-4-3-8-16(17)13-19(23)20(24)22-12-11-15-7-5-6-10-18(15)21/h3-10,19H,2,11-14H2,1H3,(H,22,24). The van der Waals surface area contributed by atoms with Crippen LogP contribution in [0.2, 0.25) is 0 Å². The molecule has 1 N–H and O–H groups in total. The van der Waals surface area contributed by atoms with Gasteiger partial charge in [0.2, 0.25) is 15.9 Å². The van der Waals surface area contributed by atoms with E-state index >= 15 is 0 Å². The first-order valence-corrected chi connectivity index (χ1v) is 10.6. The summed E-state index contributed by atoms with van der Waals surface area (Å²) in [7, 11) is -3.53. The Morgan fingerprint density at radius 3 is 2.52 bits per heavy atom. The Bertz CT molecular complexity index is 930. The lowest BCUT2D eigenvalue weighted by molar-refractivity contribution is -0.125. The van der Waals surface area contributed by atoms with Crippen LogP contribution in [0.5, 0.6) is 0 Å². The van der Waals surface area contributed by atoms with Gasteiger partial charge in [0.25, 0.3) is 0 Å². The molecule has 0 aromatic heterocycles. The number of fused-ring (bicyclic) bond motifs is 1. The van der Waals surface area contributed by atoms with Crippen LogP contribution in [0, 0.1) is 5.82 Å². The number of sulfonamides is 1. The summed E-state index contributed by atoms with van der Waals surface area (Å²) in [5.74, 6) is -0.722. The molecule has 0 saturated heterocycles. The number of carbonyl (C=O) groups is 1. The third kappa shape index (κ3) is 4.36. The van der Waals surface area contributed by atoms with Gasteiger partial charge in [0, 0.05) is 13.1 Å². The summed E-state index contributed by atoms with van der Waals surface area (Å²) in [4.78, 5) is 12.7. The van der Waals surface area contributed by atoms with Gasteiger partial charge in [0.15, 0.2) is 0 Å². The number of carbonyl (C=O) groups excluding carboxylic acids is 1. The fraction of sp³-hybridized carbons (Fsp3) is 0.350. The van der Waals surface area contributed by atoms with E-state index in [0.29, 0.717) is 18.4 Å². The summed E-state index contributed by atoms with van der Waals surface area (Å²) in [5.41, 5.74) is 2.42. The van der Waals surface area contributed by atoms with E-state index in [1.807, 2.05) is 24.3 Å². The van der Waals surface area contributed by atoms with Gasteiger partial charge in [-0.15, -0.1) is 0 Å². The zero-order valence-corrected chi connectivity index (χ0v) is 16.0. The average Bonchev–Trinajstić information content (AvgIpc) is 2.68. The molecule has 27 heavy (non-hydrogen) atoms. The lowest BCUT2D eigenvalue weighted by Crippen LogP contribution is -2.53. The molecule has 7 heteroatoms. The molecule has 3 rings (SSSR count). The molecular formula is C20H23FN2O3S. The molecule has 0 bridgehead atoms. The first kappa shape index (κ1) is 19.5. The van der Waals surface area contributed by atoms with Crippen molar-refractivity contribution in [1.82, 2.24) is 9.62 Å². The van der Waals surface area contributed by atoms with Gasteiger partial charge in [-0.05, 0) is 42.5 Å². The molecule has 2 aromatic rings. The van der Waals surface area contributed by atoms with Crippen LogP contribution in [-0.2, 0) is 34.2 Å². The summed E-state index contributed by atoms with van der Waals surface area (Å²) < 4.78 is 40.0. The molecule has 1 amide bonds. The topological polar surface area (TPSA) is 66.5 Å². The fourth-order valence-electron chi connectivity index (χ4n) is 3.32. The Labute approximate surface area is 159 Å². The van der Waals surface area contributed by atoms with Crippen molar-refractivity contribution in [2.45, 2.75) is 32.4 Å². The molecule has 144 valence electrons. The number of nitrogens with one attached hydrogen (secondary N) is 1. The van der Waals surface area contributed by atoms with E-state index in [0.717, 1.165) is 11.1 Å². The van der Waals surface area contributed by atoms with Gasteiger partial charge in [-0.3, -0.25) is 4.79 Å². The van der Waals surface area contributed by atoms with Crippen molar-refractivity contribution >= 4 is 15.9 Å². The van der Waals surface area contributed by atoms with E-state index < -0.39 is 16.1 Å². The number of hydrogen-bond donors (Lipinski definition) is 1. The van der Waals surface area contributed by atoms with E-state index in [-0.39, 0.29) is 30.6 Å². The van der Waals surface area contributed by atoms with Crippen LogP contribution in [-0.4, -0.2) is 37.0 Å². The lowest BCUT2D eigenvalue weighted by Gasteiger charge is -2.34. The van der Waals surface area contributed by atoms with Crippen molar-refractivity contribution in [1.29, 1.82) is 0 Å². The van der Waals surface area contributed by atoms with Crippen molar-refractivity contribution in [3.63, 3.8) is 0 Å². The normalized spacial score (nSPS) is 17.3. The highest BCUT2D eigenvalue weighted by Gasteiger charge is 2.37. The highest BCUT2D eigenvalue weighted by molar-refractivity contribution is 7.89. The fourth-order valence-corrected chi connectivity index (χ4v) is 4.55. The van der Waals surface area contributed by atoms with Crippen LogP contribution in [0.4, 0.5) is 4.39 Å². The molecular weight excluding hydrogens is 367 g/mol. The highest BCUT2D eigenvalue weighted by atomic mass is 32.2. The maximum absolute atomic E-state index is 13.7. The monoisotopic (exact) mass is 390 g/mol. The van der Waals surface area contributed by atoms with Crippen molar-refractivity contribution in [2.75, 3.05) is 12.3 Å². The summed E-state index contributed by atoms with van der Waals surface area (Å²) in [6.07, 6.45) is 0.684. The molecule has 0 fully saturated rings. The summed E-state index contributed by atoms with van der Waals surface area (Å²) in [5, 5.41) is 2.77. The van der Waals surface area contributed by atoms with E-state index in [1.54, 1.807) is 25.1 Å². The van der Waals surface area contributed by atoms with Crippen LogP contribution < -0.4 is 5.32 Å². The van der Waals surface area contributed by atoms with E-state index in [1.165, 1.54) is 10.4 Å². The van der Waals surface area contributed by atoms with Crippen molar-refractivity contribution < 1.29 is 17.6 Å². The Morgan fingerprint density at radius 2 is 1.81 bits per heavy atom. The molecule has 2 aromatic carbocycles. The summed E-state index contributed by atoms with van der Waals surface area (Å²) in [6.45, 7) is 2.01. The maximum atomic E-state index is 13.7. The van der Waals surface area contributed by atoms with Gasteiger partial charge in [-0.25, -0.2) is 12.8 Å². The number of benzene rings is 2. The molecule has 1 unspecified atom stereocenters. The van der Waals surface area contributed by atoms with Crippen LogP contribution in [0.25, 0.3) is 0 Å². The predicted octanol–water partition coefficient (Wildman–Crippen LogP) is 2.26. The molecule has 5 nitrogen and oxygen atoms in total. The molecule has 0 radical (unpaired) electrons. The Morgan fingerprint density at radius 1 is 1.15 bits per heavy atom.